The maximum atomic E-state index is 5.27. The monoisotopic (exact) mass is 249 g/mol. The van der Waals surface area contributed by atoms with Crippen LogP contribution in [0.4, 0.5) is 0 Å². The lowest BCUT2D eigenvalue weighted by molar-refractivity contribution is 0.483. The van der Waals surface area contributed by atoms with E-state index in [1.54, 1.807) is 6.26 Å². The molecule has 0 spiro atoms. The number of thiophene rings is 1. The third-order valence-electron chi connectivity index (χ3n) is 2.58. The fourth-order valence-electron chi connectivity index (χ4n) is 1.60. The van der Waals surface area contributed by atoms with Crippen molar-refractivity contribution in [2.24, 2.45) is 0 Å². The van der Waals surface area contributed by atoms with E-state index in [1.807, 2.05) is 23.5 Å². The van der Waals surface area contributed by atoms with Gasteiger partial charge in [0.2, 0.25) is 0 Å². The summed E-state index contributed by atoms with van der Waals surface area (Å²) in [5.41, 5.74) is 0.254. The van der Waals surface area contributed by atoms with Crippen molar-refractivity contribution in [3.05, 3.63) is 46.0 Å². The zero-order valence-electron chi connectivity index (χ0n) is 10.6. The van der Waals surface area contributed by atoms with E-state index in [0.717, 1.165) is 18.8 Å². The van der Waals surface area contributed by atoms with E-state index in [2.05, 4.69) is 38.2 Å². The average Bonchev–Trinajstić information content (AvgIpc) is 2.86. The zero-order valence-corrected chi connectivity index (χ0v) is 11.4. The highest BCUT2D eigenvalue weighted by Crippen LogP contribution is 2.29. The molecule has 2 rings (SSSR count). The maximum absolute atomic E-state index is 5.27. The van der Waals surface area contributed by atoms with Crippen LogP contribution in [0.2, 0.25) is 0 Å². The molecule has 0 amide bonds. The maximum Gasteiger partial charge on any atom is 0.117 e. The zero-order chi connectivity index (χ0) is 12.3. The van der Waals surface area contributed by atoms with Crippen LogP contribution >= 0.6 is 11.3 Å². The molecule has 0 unspecified atom stereocenters. The molecule has 2 aromatic rings. The van der Waals surface area contributed by atoms with Crippen molar-refractivity contribution in [1.29, 1.82) is 0 Å². The van der Waals surface area contributed by atoms with Crippen LogP contribution < -0.4 is 5.32 Å². The first-order valence-corrected chi connectivity index (χ1v) is 6.69. The number of nitrogens with one attached hydrogen (secondary N) is 1. The van der Waals surface area contributed by atoms with Crippen LogP contribution in [-0.2, 0) is 18.5 Å². The molecule has 0 aliphatic carbocycles. The largest absolute Gasteiger partial charge is 0.468 e. The Morgan fingerprint density at radius 1 is 1.18 bits per heavy atom. The van der Waals surface area contributed by atoms with Crippen LogP contribution in [0.5, 0.6) is 0 Å². The molecular weight excluding hydrogens is 230 g/mol. The van der Waals surface area contributed by atoms with E-state index < -0.39 is 0 Å². The molecule has 0 atom stereocenters. The van der Waals surface area contributed by atoms with Gasteiger partial charge in [-0.1, -0.05) is 20.8 Å². The molecule has 0 aliphatic rings. The Bertz CT molecular complexity index is 451. The summed E-state index contributed by atoms with van der Waals surface area (Å²) in [6.45, 7) is 8.44. The number of hydrogen-bond donors (Lipinski definition) is 1. The predicted molar refractivity (Wildman–Crippen MR) is 72.3 cm³/mol. The predicted octanol–water partition coefficient (Wildman–Crippen LogP) is 3.93. The summed E-state index contributed by atoms with van der Waals surface area (Å²) in [5, 5.41) is 3.39. The van der Waals surface area contributed by atoms with Crippen molar-refractivity contribution in [3.8, 4) is 0 Å². The SMILES string of the molecule is CC(C)(C)c1ccc(CNCc2ccco2)s1. The molecule has 2 nitrogen and oxygen atoms in total. The Kier molecular flexibility index (Phi) is 3.69. The number of hydrogen-bond acceptors (Lipinski definition) is 3. The van der Waals surface area contributed by atoms with E-state index in [1.165, 1.54) is 9.75 Å². The van der Waals surface area contributed by atoms with E-state index in [-0.39, 0.29) is 5.41 Å². The van der Waals surface area contributed by atoms with Gasteiger partial charge in [-0.25, -0.2) is 0 Å². The normalized spacial score (nSPS) is 11.9. The van der Waals surface area contributed by atoms with Gasteiger partial charge in [-0.2, -0.15) is 0 Å². The van der Waals surface area contributed by atoms with Crippen molar-refractivity contribution in [2.45, 2.75) is 39.3 Å². The highest BCUT2D eigenvalue weighted by atomic mass is 32.1. The van der Waals surface area contributed by atoms with Gasteiger partial charge < -0.3 is 9.73 Å². The highest BCUT2D eigenvalue weighted by molar-refractivity contribution is 7.12. The fraction of sp³-hybridized carbons (Fsp3) is 0.429. The van der Waals surface area contributed by atoms with Crippen molar-refractivity contribution >= 4 is 11.3 Å². The standard InChI is InChI=1S/C14H19NOS/c1-14(2,3)13-7-6-12(17-13)10-15-9-11-5-4-8-16-11/h4-8,15H,9-10H2,1-3H3. The Morgan fingerprint density at radius 2 is 2.00 bits per heavy atom. The van der Waals surface area contributed by atoms with E-state index in [0.29, 0.717) is 0 Å². The second-order valence-corrected chi connectivity index (χ2v) is 6.37. The van der Waals surface area contributed by atoms with Crippen molar-refractivity contribution in [2.75, 3.05) is 0 Å². The molecule has 0 fully saturated rings. The lowest BCUT2D eigenvalue weighted by Gasteiger charge is -2.15. The van der Waals surface area contributed by atoms with Gasteiger partial charge in [0.25, 0.3) is 0 Å². The third-order valence-corrected chi connectivity index (χ3v) is 4.09. The first-order chi connectivity index (χ1) is 8.05. The Morgan fingerprint density at radius 3 is 2.59 bits per heavy atom. The van der Waals surface area contributed by atoms with Crippen LogP contribution in [0.1, 0.15) is 36.3 Å². The van der Waals surface area contributed by atoms with Crippen molar-refractivity contribution < 1.29 is 4.42 Å². The van der Waals surface area contributed by atoms with E-state index in [4.69, 9.17) is 4.42 Å². The first-order valence-electron chi connectivity index (χ1n) is 5.88. The summed E-state index contributed by atoms with van der Waals surface area (Å²) in [4.78, 5) is 2.81. The second kappa shape index (κ2) is 5.07. The molecule has 17 heavy (non-hydrogen) atoms. The molecule has 0 saturated heterocycles. The Balaban J connectivity index is 1.85. The molecule has 0 radical (unpaired) electrons. The molecule has 0 aromatic carbocycles. The van der Waals surface area contributed by atoms with Gasteiger partial charge in [-0.05, 0) is 29.7 Å². The van der Waals surface area contributed by atoms with Crippen LogP contribution in [-0.4, -0.2) is 0 Å². The summed E-state index contributed by atoms with van der Waals surface area (Å²) < 4.78 is 5.27. The minimum Gasteiger partial charge on any atom is -0.468 e. The van der Waals surface area contributed by atoms with Crippen LogP contribution in [0.15, 0.2) is 34.9 Å². The quantitative estimate of drug-likeness (QED) is 0.888. The summed E-state index contributed by atoms with van der Waals surface area (Å²) >= 11 is 1.88. The van der Waals surface area contributed by atoms with Gasteiger partial charge in [0.15, 0.2) is 0 Å². The van der Waals surface area contributed by atoms with Gasteiger partial charge in [0.05, 0.1) is 12.8 Å². The van der Waals surface area contributed by atoms with Crippen molar-refractivity contribution in [1.82, 2.24) is 5.32 Å². The molecule has 1 N–H and O–H groups in total. The van der Waals surface area contributed by atoms with E-state index >= 15 is 0 Å². The van der Waals surface area contributed by atoms with Gasteiger partial charge in [-0.3, -0.25) is 0 Å². The molecule has 0 saturated carbocycles. The molecule has 2 heterocycles. The molecule has 2 aromatic heterocycles. The first kappa shape index (κ1) is 12.4. The summed E-state index contributed by atoms with van der Waals surface area (Å²) in [6.07, 6.45) is 1.71. The van der Waals surface area contributed by atoms with E-state index in [9.17, 15) is 0 Å². The number of rotatable bonds is 4. The van der Waals surface area contributed by atoms with Gasteiger partial charge in [0.1, 0.15) is 5.76 Å². The fourth-order valence-corrected chi connectivity index (χ4v) is 2.63. The van der Waals surface area contributed by atoms with Crippen LogP contribution in [0.3, 0.4) is 0 Å². The minimum absolute atomic E-state index is 0.254. The summed E-state index contributed by atoms with van der Waals surface area (Å²) in [5.74, 6) is 0.984. The smallest absolute Gasteiger partial charge is 0.117 e. The second-order valence-electron chi connectivity index (χ2n) is 5.20. The van der Waals surface area contributed by atoms with Crippen LogP contribution in [0, 0.1) is 0 Å². The topological polar surface area (TPSA) is 25.2 Å². The van der Waals surface area contributed by atoms with Gasteiger partial charge in [-0.15, -0.1) is 11.3 Å². The lowest BCUT2D eigenvalue weighted by Crippen LogP contribution is -2.11. The molecule has 92 valence electrons. The minimum atomic E-state index is 0.254. The Labute approximate surface area is 107 Å². The molecule has 0 aliphatic heterocycles. The van der Waals surface area contributed by atoms with Crippen LogP contribution in [0.25, 0.3) is 0 Å². The summed E-state index contributed by atoms with van der Waals surface area (Å²) in [7, 11) is 0. The van der Waals surface area contributed by atoms with Gasteiger partial charge >= 0.3 is 0 Å². The number of furan rings is 1. The lowest BCUT2D eigenvalue weighted by atomic mass is 9.95. The Hall–Kier alpha value is -1.06. The highest BCUT2D eigenvalue weighted by Gasteiger charge is 2.15. The molecule has 0 bridgehead atoms. The average molecular weight is 249 g/mol. The van der Waals surface area contributed by atoms with Gasteiger partial charge in [0, 0.05) is 16.3 Å². The third kappa shape index (κ3) is 3.45. The summed E-state index contributed by atoms with van der Waals surface area (Å²) in [6, 6.07) is 8.34. The van der Waals surface area contributed by atoms with Crippen molar-refractivity contribution in [3.63, 3.8) is 0 Å². The molecule has 3 heteroatoms. The molecular formula is C14H19NOS.